The summed E-state index contributed by atoms with van der Waals surface area (Å²) in [4.78, 5) is 1.64. The lowest BCUT2D eigenvalue weighted by Gasteiger charge is -1.93. The van der Waals surface area contributed by atoms with Gasteiger partial charge in [0.25, 0.3) is 0 Å². The topological polar surface area (TPSA) is 30.7 Å². The Bertz CT molecular complexity index is 461. The molecule has 0 fully saturated rings. The number of nitrogens with zero attached hydrogens (tertiary/aromatic N) is 3. The first-order valence-corrected chi connectivity index (χ1v) is 4.34. The lowest BCUT2D eigenvalue weighted by atomic mass is 10.1. The molecule has 64 valence electrons. The van der Waals surface area contributed by atoms with E-state index in [1.165, 1.54) is 11.1 Å². The molecule has 0 amide bonds. The highest BCUT2D eigenvalue weighted by Crippen LogP contribution is 2.38. The molecule has 0 radical (unpaired) electrons. The third-order valence-electron chi connectivity index (χ3n) is 2.29. The fraction of sp³-hybridized carbons (Fsp3) is 0.200. The Morgan fingerprint density at radius 2 is 2.31 bits per heavy atom. The molecule has 13 heavy (non-hydrogen) atoms. The normalized spacial score (nSPS) is 17.9. The van der Waals surface area contributed by atoms with Crippen molar-refractivity contribution in [3.63, 3.8) is 0 Å². The zero-order chi connectivity index (χ0) is 8.84. The van der Waals surface area contributed by atoms with Gasteiger partial charge in [-0.15, -0.1) is 0 Å². The van der Waals surface area contributed by atoms with Crippen LogP contribution in [0.25, 0.3) is 5.57 Å². The summed E-state index contributed by atoms with van der Waals surface area (Å²) in [6.07, 6.45) is 9.33. The molecule has 0 atom stereocenters. The van der Waals surface area contributed by atoms with E-state index in [0.717, 1.165) is 17.8 Å². The van der Waals surface area contributed by atoms with Gasteiger partial charge in [0.2, 0.25) is 0 Å². The summed E-state index contributed by atoms with van der Waals surface area (Å²) in [6.45, 7) is 0. The summed E-state index contributed by atoms with van der Waals surface area (Å²) in [7, 11) is 1.86. The largest absolute Gasteiger partial charge is 0.187 e. The van der Waals surface area contributed by atoms with Crippen LogP contribution in [-0.2, 0) is 13.5 Å². The molecule has 0 saturated carbocycles. The summed E-state index contributed by atoms with van der Waals surface area (Å²) < 4.78 is 0. The van der Waals surface area contributed by atoms with Crippen molar-refractivity contribution in [2.24, 2.45) is 7.05 Å². The van der Waals surface area contributed by atoms with Crippen LogP contribution in [0.5, 0.6) is 0 Å². The van der Waals surface area contributed by atoms with Crippen LogP contribution in [0, 0.1) is 0 Å². The lowest BCUT2D eigenvalue weighted by Crippen LogP contribution is -1.92. The van der Waals surface area contributed by atoms with Crippen molar-refractivity contribution in [1.82, 2.24) is 15.0 Å². The Morgan fingerprint density at radius 3 is 3.23 bits per heavy atom. The average Bonchev–Trinajstić information content (AvgIpc) is 2.74. The quantitative estimate of drug-likeness (QED) is 0.588. The summed E-state index contributed by atoms with van der Waals surface area (Å²) in [5, 5.41) is 8.65. The molecular weight excluding hydrogens is 162 g/mol. The molecule has 0 aliphatic heterocycles. The zero-order valence-electron chi connectivity index (χ0n) is 7.36. The second-order valence-electron chi connectivity index (χ2n) is 3.30. The molecule has 0 aromatic carbocycles. The van der Waals surface area contributed by atoms with E-state index in [1.807, 2.05) is 7.05 Å². The zero-order valence-corrected chi connectivity index (χ0v) is 7.36. The van der Waals surface area contributed by atoms with Gasteiger partial charge >= 0.3 is 0 Å². The fourth-order valence-electron chi connectivity index (χ4n) is 1.61. The van der Waals surface area contributed by atoms with Crippen LogP contribution >= 0.6 is 0 Å². The van der Waals surface area contributed by atoms with Crippen molar-refractivity contribution in [2.75, 3.05) is 0 Å². The van der Waals surface area contributed by atoms with E-state index < -0.39 is 0 Å². The fourth-order valence-corrected chi connectivity index (χ4v) is 1.61. The van der Waals surface area contributed by atoms with Crippen molar-refractivity contribution in [2.45, 2.75) is 6.42 Å². The van der Waals surface area contributed by atoms with E-state index in [2.05, 4.69) is 34.5 Å². The van der Waals surface area contributed by atoms with E-state index in [1.54, 1.807) is 4.80 Å². The second kappa shape index (κ2) is 2.19. The van der Waals surface area contributed by atoms with Gasteiger partial charge in [0.15, 0.2) is 0 Å². The van der Waals surface area contributed by atoms with Gasteiger partial charge in [-0.2, -0.15) is 15.0 Å². The first kappa shape index (κ1) is 6.83. The van der Waals surface area contributed by atoms with E-state index in [4.69, 9.17) is 0 Å². The molecule has 1 aromatic rings. The minimum atomic E-state index is 0.879. The molecule has 2 aliphatic carbocycles. The van der Waals surface area contributed by atoms with Crippen LogP contribution in [0.1, 0.15) is 11.4 Å². The summed E-state index contributed by atoms with van der Waals surface area (Å²) in [5.41, 5.74) is 4.68. The molecule has 0 N–H and O–H groups in total. The van der Waals surface area contributed by atoms with Crippen molar-refractivity contribution in [3.05, 3.63) is 41.3 Å². The third kappa shape index (κ3) is 0.967. The Hall–Kier alpha value is -1.64. The summed E-state index contributed by atoms with van der Waals surface area (Å²) in [6, 6.07) is 0. The van der Waals surface area contributed by atoms with Crippen molar-refractivity contribution in [1.29, 1.82) is 0 Å². The number of allylic oxidation sites excluding steroid dienone is 6. The van der Waals surface area contributed by atoms with Crippen molar-refractivity contribution >= 4 is 5.57 Å². The van der Waals surface area contributed by atoms with E-state index in [0.29, 0.717) is 0 Å². The van der Waals surface area contributed by atoms with E-state index in [-0.39, 0.29) is 0 Å². The molecule has 3 rings (SSSR count). The molecule has 2 aliphatic rings. The summed E-state index contributed by atoms with van der Waals surface area (Å²) in [5.74, 6) is 0. The molecule has 3 nitrogen and oxygen atoms in total. The molecule has 0 unspecified atom stereocenters. The molecular formula is C10H9N3. The first-order valence-electron chi connectivity index (χ1n) is 4.34. The number of fused-ring (bicyclic) bond motifs is 3. The number of aromatic nitrogens is 3. The van der Waals surface area contributed by atoms with Gasteiger partial charge in [-0.05, 0) is 11.6 Å². The maximum Gasteiger partial charge on any atom is 0.117 e. The van der Waals surface area contributed by atoms with E-state index in [9.17, 15) is 0 Å². The van der Waals surface area contributed by atoms with Gasteiger partial charge in [0.05, 0.1) is 5.69 Å². The van der Waals surface area contributed by atoms with Crippen LogP contribution in [0.2, 0.25) is 0 Å². The SMILES string of the molecule is Cn1nc2c(n1)C1=CC1=CC=CC2. The van der Waals surface area contributed by atoms with Crippen LogP contribution in [0.15, 0.2) is 29.9 Å². The van der Waals surface area contributed by atoms with Crippen LogP contribution in [0.4, 0.5) is 0 Å². The van der Waals surface area contributed by atoms with E-state index >= 15 is 0 Å². The lowest BCUT2D eigenvalue weighted by molar-refractivity contribution is 0.646. The number of hydrogen-bond donors (Lipinski definition) is 0. The standard InChI is InChI=1S/C10H9N3/c1-13-11-9-5-3-2-4-7-6-8(7)10(9)12-13/h2-4,6H,5H2,1H3. The highest BCUT2D eigenvalue weighted by molar-refractivity contribution is 5.97. The van der Waals surface area contributed by atoms with Gasteiger partial charge in [-0.1, -0.05) is 18.2 Å². The van der Waals surface area contributed by atoms with Crippen molar-refractivity contribution in [3.8, 4) is 0 Å². The second-order valence-corrected chi connectivity index (χ2v) is 3.30. The minimum absolute atomic E-state index is 0.879. The Labute approximate surface area is 76.1 Å². The molecule has 0 saturated heterocycles. The number of hydrogen-bond acceptors (Lipinski definition) is 2. The van der Waals surface area contributed by atoms with Gasteiger partial charge in [-0.3, -0.25) is 0 Å². The predicted octanol–water partition coefficient (Wildman–Crippen LogP) is 1.25. The molecule has 0 bridgehead atoms. The number of aryl methyl sites for hydroxylation is 1. The smallest absolute Gasteiger partial charge is 0.117 e. The highest BCUT2D eigenvalue weighted by Gasteiger charge is 2.24. The molecule has 1 heterocycles. The van der Waals surface area contributed by atoms with Gasteiger partial charge in [0, 0.05) is 19.0 Å². The Morgan fingerprint density at radius 1 is 1.38 bits per heavy atom. The highest BCUT2D eigenvalue weighted by atomic mass is 15.5. The number of rotatable bonds is 0. The molecule has 1 aromatic heterocycles. The maximum atomic E-state index is 4.34. The maximum absolute atomic E-state index is 4.34. The van der Waals surface area contributed by atoms with Crippen LogP contribution < -0.4 is 0 Å². The first-order chi connectivity index (χ1) is 6.34. The van der Waals surface area contributed by atoms with Gasteiger partial charge < -0.3 is 0 Å². The minimum Gasteiger partial charge on any atom is -0.187 e. The average molecular weight is 171 g/mol. The summed E-state index contributed by atoms with van der Waals surface area (Å²) >= 11 is 0. The van der Waals surface area contributed by atoms with Crippen LogP contribution in [-0.4, -0.2) is 15.0 Å². The Balaban J connectivity index is 2.19. The molecule has 0 spiro atoms. The van der Waals surface area contributed by atoms with Gasteiger partial charge in [0.1, 0.15) is 5.69 Å². The predicted molar refractivity (Wildman–Crippen MR) is 49.9 cm³/mol. The monoisotopic (exact) mass is 171 g/mol. The molecule has 3 heteroatoms. The van der Waals surface area contributed by atoms with Crippen molar-refractivity contribution < 1.29 is 0 Å². The third-order valence-corrected chi connectivity index (χ3v) is 2.29. The van der Waals surface area contributed by atoms with Crippen LogP contribution in [0.3, 0.4) is 0 Å². The van der Waals surface area contributed by atoms with Gasteiger partial charge in [-0.25, -0.2) is 0 Å². The Kier molecular flexibility index (Phi) is 1.15.